The van der Waals surface area contributed by atoms with Crippen LogP contribution in [0.5, 0.6) is 0 Å². The number of nitrogen functional groups attached to an aromatic ring is 1. The molecule has 0 saturated heterocycles. The summed E-state index contributed by atoms with van der Waals surface area (Å²) in [6.07, 6.45) is 1.66. The Morgan fingerprint density at radius 1 is 1.54 bits per heavy atom. The number of amides is 1. The van der Waals surface area contributed by atoms with E-state index in [0.29, 0.717) is 5.69 Å². The molecule has 3 nitrogen and oxygen atoms in total. The van der Waals surface area contributed by atoms with Crippen molar-refractivity contribution in [1.29, 1.82) is 0 Å². The van der Waals surface area contributed by atoms with Crippen LogP contribution < -0.4 is 11.1 Å². The van der Waals surface area contributed by atoms with Gasteiger partial charge in [-0.05, 0) is 0 Å². The molecule has 1 heterocycles. The van der Waals surface area contributed by atoms with E-state index in [1.807, 2.05) is 6.07 Å². The average molecular weight is 244 g/mol. The monoisotopic (exact) mass is 245 g/mol. The first-order valence-corrected chi connectivity index (χ1v) is 5.69. The van der Waals surface area contributed by atoms with E-state index in [4.69, 9.17) is 5.73 Å². The molecule has 0 atom stereocenters. The van der Waals surface area contributed by atoms with Crippen LogP contribution in [0.4, 0.5) is 10.2 Å². The number of nitrogens with two attached hydrogens (primary N) is 1. The summed E-state index contributed by atoms with van der Waals surface area (Å²) in [7, 11) is 0. The van der Waals surface area contributed by atoms with Gasteiger partial charge in [-0.2, -0.15) is 0 Å². The molecule has 1 rings (SSSR count). The van der Waals surface area contributed by atoms with Crippen molar-refractivity contribution >= 4 is 31.2 Å². The van der Waals surface area contributed by atoms with Gasteiger partial charge in [0.2, 0.25) is 0 Å². The van der Waals surface area contributed by atoms with E-state index in [2.05, 4.69) is 26.1 Å². The Hall–Kier alpha value is -0.731. The SMILES string of the molecule is CC(C)(C)c1cc(N)c(N[C]=O)[se]1. The maximum absolute atomic E-state index is 10.1. The van der Waals surface area contributed by atoms with Gasteiger partial charge in [-0.3, -0.25) is 0 Å². The van der Waals surface area contributed by atoms with E-state index in [9.17, 15) is 4.79 Å². The van der Waals surface area contributed by atoms with Gasteiger partial charge in [0.25, 0.3) is 0 Å². The van der Waals surface area contributed by atoms with Crippen LogP contribution in [-0.4, -0.2) is 20.9 Å². The van der Waals surface area contributed by atoms with Gasteiger partial charge in [-0.15, -0.1) is 0 Å². The van der Waals surface area contributed by atoms with Crippen molar-refractivity contribution in [1.82, 2.24) is 0 Å². The van der Waals surface area contributed by atoms with E-state index in [-0.39, 0.29) is 19.9 Å². The zero-order valence-electron chi connectivity index (χ0n) is 7.97. The van der Waals surface area contributed by atoms with Gasteiger partial charge in [0, 0.05) is 0 Å². The van der Waals surface area contributed by atoms with Gasteiger partial charge in [0.05, 0.1) is 0 Å². The molecule has 0 spiro atoms. The van der Waals surface area contributed by atoms with Crippen molar-refractivity contribution in [3.05, 3.63) is 10.5 Å². The minimum absolute atomic E-state index is 0.136. The fourth-order valence-electron chi connectivity index (χ4n) is 0.919. The molecule has 13 heavy (non-hydrogen) atoms. The topological polar surface area (TPSA) is 55.1 Å². The molecule has 0 aromatic carbocycles. The van der Waals surface area contributed by atoms with Crippen molar-refractivity contribution in [2.45, 2.75) is 26.2 Å². The van der Waals surface area contributed by atoms with Crippen molar-refractivity contribution in [3.63, 3.8) is 0 Å². The molecule has 0 saturated carbocycles. The summed E-state index contributed by atoms with van der Waals surface area (Å²) in [6, 6.07) is 1.96. The summed E-state index contributed by atoms with van der Waals surface area (Å²) in [5.41, 5.74) is 6.54. The Balaban J connectivity index is 3.01. The molecule has 0 aliphatic carbocycles. The Morgan fingerprint density at radius 2 is 2.15 bits per heavy atom. The third-order valence-corrected chi connectivity index (χ3v) is 4.79. The molecule has 0 aliphatic heterocycles. The van der Waals surface area contributed by atoms with Gasteiger partial charge in [-0.1, -0.05) is 0 Å². The van der Waals surface area contributed by atoms with E-state index < -0.39 is 0 Å². The molecule has 1 aromatic rings. The fraction of sp³-hybridized carbons (Fsp3) is 0.444. The number of hydrogen-bond donors (Lipinski definition) is 2. The maximum atomic E-state index is 10.1. The molecular formula is C9H13N2OSe. The third kappa shape index (κ3) is 2.36. The number of nitrogens with one attached hydrogen (secondary N) is 1. The van der Waals surface area contributed by atoms with Gasteiger partial charge in [0.1, 0.15) is 0 Å². The van der Waals surface area contributed by atoms with Crippen molar-refractivity contribution < 1.29 is 4.79 Å². The second-order valence-corrected chi connectivity index (χ2v) is 6.08. The molecule has 1 radical (unpaired) electrons. The fourth-order valence-corrected chi connectivity index (χ4v) is 2.98. The Kier molecular flexibility index (Phi) is 2.84. The van der Waals surface area contributed by atoms with Crippen molar-refractivity contribution in [2.24, 2.45) is 0 Å². The molecule has 0 unspecified atom stereocenters. The molecule has 4 heteroatoms. The standard InChI is InChI=1S/C9H13N2OSe/c1-9(2,3)7-4-6(10)8(13-7)11-5-12/h4H,10H2,1-3H3,(H,11,12). The van der Waals surface area contributed by atoms with E-state index in [1.54, 1.807) is 6.41 Å². The molecule has 1 amide bonds. The predicted molar refractivity (Wildman–Crippen MR) is 55.8 cm³/mol. The molecule has 0 bridgehead atoms. The first-order chi connectivity index (χ1) is 5.95. The minimum atomic E-state index is 0.136. The summed E-state index contributed by atoms with van der Waals surface area (Å²) in [5.74, 6) is 0. The molecule has 0 aliphatic rings. The van der Waals surface area contributed by atoms with Crippen LogP contribution in [0.15, 0.2) is 6.07 Å². The normalized spacial score (nSPS) is 11.3. The first-order valence-electron chi connectivity index (χ1n) is 3.98. The second-order valence-electron chi connectivity index (χ2n) is 3.87. The summed E-state index contributed by atoms with van der Waals surface area (Å²) in [4.78, 5) is 10.1. The molecule has 1 aromatic heterocycles. The van der Waals surface area contributed by atoms with E-state index >= 15 is 0 Å². The van der Waals surface area contributed by atoms with Gasteiger partial charge >= 0.3 is 83.7 Å². The number of anilines is 2. The third-order valence-electron chi connectivity index (χ3n) is 1.66. The number of carbonyl (C=O) groups excluding carboxylic acids is 1. The van der Waals surface area contributed by atoms with E-state index in [1.165, 1.54) is 4.44 Å². The van der Waals surface area contributed by atoms with Crippen LogP contribution in [0.25, 0.3) is 0 Å². The number of rotatable bonds is 2. The zero-order valence-corrected chi connectivity index (χ0v) is 9.68. The van der Waals surface area contributed by atoms with Crippen LogP contribution in [0.2, 0.25) is 0 Å². The Bertz CT molecular complexity index is 312. The average Bonchev–Trinajstić information content (AvgIpc) is 2.32. The van der Waals surface area contributed by atoms with Crippen molar-refractivity contribution in [3.8, 4) is 0 Å². The molecular weight excluding hydrogens is 231 g/mol. The van der Waals surface area contributed by atoms with Crippen LogP contribution in [0.3, 0.4) is 0 Å². The van der Waals surface area contributed by atoms with Crippen LogP contribution >= 0.6 is 0 Å². The van der Waals surface area contributed by atoms with Crippen LogP contribution in [0, 0.1) is 0 Å². The summed E-state index contributed by atoms with van der Waals surface area (Å²) < 4.78 is 2.13. The van der Waals surface area contributed by atoms with Crippen LogP contribution in [0.1, 0.15) is 25.2 Å². The number of hydrogen-bond acceptors (Lipinski definition) is 2. The molecule has 71 valence electrons. The van der Waals surface area contributed by atoms with E-state index in [0.717, 1.165) is 4.56 Å². The first kappa shape index (κ1) is 10.4. The molecule has 3 N–H and O–H groups in total. The summed E-state index contributed by atoms with van der Waals surface area (Å²) in [6.45, 7) is 6.42. The predicted octanol–water partition coefficient (Wildman–Crippen LogP) is 1.10. The van der Waals surface area contributed by atoms with Crippen LogP contribution in [-0.2, 0) is 10.2 Å². The second kappa shape index (κ2) is 3.56. The van der Waals surface area contributed by atoms with Crippen molar-refractivity contribution in [2.75, 3.05) is 11.1 Å². The Morgan fingerprint density at radius 3 is 2.54 bits per heavy atom. The quantitative estimate of drug-likeness (QED) is 0.604. The van der Waals surface area contributed by atoms with Gasteiger partial charge in [0.15, 0.2) is 0 Å². The molecule has 0 fully saturated rings. The zero-order chi connectivity index (χ0) is 10.1. The summed E-state index contributed by atoms with van der Waals surface area (Å²) >= 11 is 0.153. The summed E-state index contributed by atoms with van der Waals surface area (Å²) in [5, 5.41) is 2.52. The van der Waals surface area contributed by atoms with Gasteiger partial charge < -0.3 is 0 Å². The van der Waals surface area contributed by atoms with Gasteiger partial charge in [-0.25, -0.2) is 0 Å². The Labute approximate surface area is 84.1 Å².